The molecule has 98 valence electrons. The lowest BCUT2D eigenvalue weighted by Gasteiger charge is -2.23. The van der Waals surface area contributed by atoms with Crippen LogP contribution in [0.2, 0.25) is 0 Å². The number of hydrogen-bond acceptors (Lipinski definition) is 3. The lowest BCUT2D eigenvalue weighted by Crippen LogP contribution is -2.43. The van der Waals surface area contributed by atoms with Gasteiger partial charge in [-0.25, -0.2) is 0 Å². The fourth-order valence-corrected chi connectivity index (χ4v) is 2.41. The molecule has 0 saturated carbocycles. The van der Waals surface area contributed by atoms with Crippen molar-refractivity contribution < 1.29 is 9.90 Å². The van der Waals surface area contributed by atoms with Gasteiger partial charge in [-0.2, -0.15) is 0 Å². The molecule has 2 N–H and O–H groups in total. The summed E-state index contributed by atoms with van der Waals surface area (Å²) in [6.45, 7) is 3.54. The Balaban J connectivity index is 1.99. The smallest absolute Gasteiger partial charge is 0.240 e. The van der Waals surface area contributed by atoms with Crippen molar-refractivity contribution in [3.8, 4) is 5.75 Å². The van der Waals surface area contributed by atoms with Gasteiger partial charge in [0.05, 0.1) is 6.04 Å². The first kappa shape index (κ1) is 12.9. The molecule has 1 aromatic carbocycles. The Kier molecular flexibility index (Phi) is 3.87. The number of carbonyl (C=O) groups is 1. The lowest BCUT2D eigenvalue weighted by atomic mass is 10.0. The van der Waals surface area contributed by atoms with Gasteiger partial charge >= 0.3 is 0 Å². The highest BCUT2D eigenvalue weighted by Crippen LogP contribution is 2.18. The first-order valence-electron chi connectivity index (χ1n) is 6.34. The molecular formula is C14H20N2O2. The van der Waals surface area contributed by atoms with Crippen molar-refractivity contribution in [1.82, 2.24) is 10.2 Å². The summed E-state index contributed by atoms with van der Waals surface area (Å²) in [7, 11) is 1.80. The Morgan fingerprint density at radius 1 is 1.56 bits per heavy atom. The van der Waals surface area contributed by atoms with Crippen molar-refractivity contribution >= 4 is 5.91 Å². The van der Waals surface area contributed by atoms with Gasteiger partial charge in [0.2, 0.25) is 5.91 Å². The third-order valence-corrected chi connectivity index (χ3v) is 3.51. The van der Waals surface area contributed by atoms with Gasteiger partial charge in [0.15, 0.2) is 0 Å². The van der Waals surface area contributed by atoms with Crippen molar-refractivity contribution in [3.63, 3.8) is 0 Å². The predicted molar refractivity (Wildman–Crippen MR) is 70.2 cm³/mol. The molecule has 2 atom stereocenters. The molecule has 2 unspecified atom stereocenters. The largest absolute Gasteiger partial charge is 0.508 e. The summed E-state index contributed by atoms with van der Waals surface area (Å²) in [4.78, 5) is 14.0. The van der Waals surface area contributed by atoms with E-state index < -0.39 is 0 Å². The summed E-state index contributed by atoms with van der Waals surface area (Å²) in [6.07, 6.45) is 1.05. The van der Waals surface area contributed by atoms with Crippen LogP contribution in [-0.4, -0.2) is 35.5 Å². The van der Waals surface area contributed by atoms with Gasteiger partial charge in [0, 0.05) is 13.6 Å². The predicted octanol–water partition coefficient (Wildman–Crippen LogP) is 1.35. The van der Waals surface area contributed by atoms with E-state index in [1.807, 2.05) is 6.07 Å². The minimum Gasteiger partial charge on any atom is -0.508 e. The number of nitrogens with zero attached hydrogens (tertiary/aromatic N) is 1. The molecule has 0 bridgehead atoms. The number of aromatic hydroxyl groups is 1. The first-order chi connectivity index (χ1) is 8.58. The highest BCUT2D eigenvalue weighted by Gasteiger charge is 2.31. The number of amides is 1. The van der Waals surface area contributed by atoms with Crippen molar-refractivity contribution in [2.75, 3.05) is 13.6 Å². The Morgan fingerprint density at radius 2 is 2.33 bits per heavy atom. The fraction of sp³-hybridized carbons (Fsp3) is 0.500. The van der Waals surface area contributed by atoms with E-state index in [2.05, 4.69) is 12.2 Å². The Bertz CT molecular complexity index is 434. The zero-order chi connectivity index (χ0) is 13.1. The average Bonchev–Trinajstić information content (AvgIpc) is 2.74. The van der Waals surface area contributed by atoms with Crippen LogP contribution >= 0.6 is 0 Å². The topological polar surface area (TPSA) is 52.6 Å². The van der Waals surface area contributed by atoms with E-state index in [0.717, 1.165) is 18.5 Å². The summed E-state index contributed by atoms with van der Waals surface area (Å²) < 4.78 is 0. The van der Waals surface area contributed by atoms with Crippen LogP contribution in [0.1, 0.15) is 18.9 Å². The number of benzene rings is 1. The molecule has 1 aromatic rings. The number of hydrogen-bond donors (Lipinski definition) is 2. The molecular weight excluding hydrogens is 228 g/mol. The van der Waals surface area contributed by atoms with E-state index in [9.17, 15) is 9.90 Å². The van der Waals surface area contributed by atoms with Crippen LogP contribution in [0.3, 0.4) is 0 Å². The van der Waals surface area contributed by atoms with Crippen LogP contribution in [0.5, 0.6) is 5.75 Å². The third-order valence-electron chi connectivity index (χ3n) is 3.51. The van der Waals surface area contributed by atoms with Crippen LogP contribution in [0.4, 0.5) is 0 Å². The van der Waals surface area contributed by atoms with Crippen LogP contribution in [0.15, 0.2) is 24.3 Å². The van der Waals surface area contributed by atoms with Gasteiger partial charge in [-0.1, -0.05) is 19.1 Å². The molecule has 1 saturated heterocycles. The summed E-state index contributed by atoms with van der Waals surface area (Å²) in [5, 5.41) is 12.6. The van der Waals surface area contributed by atoms with Gasteiger partial charge in [-0.15, -0.1) is 0 Å². The SMILES string of the molecule is CC1CCNC1C(=O)N(C)Cc1cccc(O)c1. The number of rotatable bonds is 3. The summed E-state index contributed by atoms with van der Waals surface area (Å²) >= 11 is 0. The molecule has 2 rings (SSSR count). The van der Waals surface area contributed by atoms with E-state index in [1.165, 1.54) is 0 Å². The van der Waals surface area contributed by atoms with Crippen molar-refractivity contribution in [2.24, 2.45) is 5.92 Å². The number of nitrogens with one attached hydrogen (secondary N) is 1. The van der Waals surface area contributed by atoms with Crippen LogP contribution < -0.4 is 5.32 Å². The van der Waals surface area contributed by atoms with E-state index in [-0.39, 0.29) is 17.7 Å². The lowest BCUT2D eigenvalue weighted by molar-refractivity contribution is -0.133. The Hall–Kier alpha value is -1.55. The molecule has 0 spiro atoms. The van der Waals surface area contributed by atoms with Gasteiger partial charge in [-0.05, 0) is 36.6 Å². The molecule has 4 heteroatoms. The zero-order valence-corrected chi connectivity index (χ0v) is 10.9. The van der Waals surface area contributed by atoms with Crippen molar-refractivity contribution in [3.05, 3.63) is 29.8 Å². The van der Waals surface area contributed by atoms with E-state index in [4.69, 9.17) is 0 Å². The summed E-state index contributed by atoms with van der Waals surface area (Å²) in [5.41, 5.74) is 0.941. The fourth-order valence-electron chi connectivity index (χ4n) is 2.41. The van der Waals surface area contributed by atoms with Crippen molar-refractivity contribution in [2.45, 2.75) is 25.9 Å². The molecule has 1 fully saturated rings. The second-order valence-corrected chi connectivity index (χ2v) is 5.06. The Labute approximate surface area is 108 Å². The van der Waals surface area contributed by atoms with Crippen LogP contribution in [0.25, 0.3) is 0 Å². The average molecular weight is 248 g/mol. The first-order valence-corrected chi connectivity index (χ1v) is 6.34. The van der Waals surface area contributed by atoms with Crippen molar-refractivity contribution in [1.29, 1.82) is 0 Å². The molecule has 18 heavy (non-hydrogen) atoms. The third kappa shape index (κ3) is 2.82. The molecule has 1 aliphatic heterocycles. The number of phenols is 1. The second kappa shape index (κ2) is 5.40. The maximum atomic E-state index is 12.2. The molecule has 1 heterocycles. The quantitative estimate of drug-likeness (QED) is 0.849. The van der Waals surface area contributed by atoms with Gasteiger partial charge in [0.25, 0.3) is 0 Å². The second-order valence-electron chi connectivity index (χ2n) is 5.06. The molecule has 0 aromatic heterocycles. The van der Waals surface area contributed by atoms with Gasteiger partial charge in [-0.3, -0.25) is 4.79 Å². The van der Waals surface area contributed by atoms with Gasteiger partial charge in [0.1, 0.15) is 5.75 Å². The molecule has 0 aliphatic carbocycles. The molecule has 4 nitrogen and oxygen atoms in total. The monoisotopic (exact) mass is 248 g/mol. The highest BCUT2D eigenvalue weighted by molar-refractivity contribution is 5.82. The number of likely N-dealkylation sites (N-methyl/N-ethyl adjacent to an activating group) is 1. The van der Waals surface area contributed by atoms with E-state index in [1.54, 1.807) is 30.1 Å². The molecule has 1 aliphatic rings. The minimum absolute atomic E-state index is 0.0627. The van der Waals surface area contributed by atoms with E-state index >= 15 is 0 Å². The maximum absolute atomic E-state index is 12.2. The standard InChI is InChI=1S/C14H20N2O2/c1-10-6-7-15-13(10)14(18)16(2)9-11-4-3-5-12(17)8-11/h3-5,8,10,13,15,17H,6-7,9H2,1-2H3. The van der Waals surface area contributed by atoms with Crippen LogP contribution in [0, 0.1) is 5.92 Å². The van der Waals surface area contributed by atoms with Crippen LogP contribution in [-0.2, 0) is 11.3 Å². The van der Waals surface area contributed by atoms with E-state index in [0.29, 0.717) is 12.5 Å². The zero-order valence-electron chi connectivity index (χ0n) is 10.9. The minimum atomic E-state index is -0.0627. The maximum Gasteiger partial charge on any atom is 0.240 e. The normalized spacial score (nSPS) is 23.0. The highest BCUT2D eigenvalue weighted by atomic mass is 16.3. The molecule has 1 amide bonds. The summed E-state index contributed by atoms with van der Waals surface area (Å²) in [6, 6.07) is 6.96. The van der Waals surface area contributed by atoms with Gasteiger partial charge < -0.3 is 15.3 Å². The Morgan fingerprint density at radius 3 is 2.94 bits per heavy atom. The number of carbonyl (C=O) groups excluding carboxylic acids is 1. The molecule has 0 radical (unpaired) electrons. The number of phenolic OH excluding ortho intramolecular Hbond substituents is 1. The summed E-state index contributed by atoms with van der Waals surface area (Å²) in [5.74, 6) is 0.758.